The van der Waals surface area contributed by atoms with Crippen molar-refractivity contribution in [3.05, 3.63) is 65.2 Å². The molecule has 158 valence electrons. The van der Waals surface area contributed by atoms with Gasteiger partial charge in [0, 0.05) is 0 Å². The first kappa shape index (κ1) is 19.6. The minimum absolute atomic E-state index is 0.135. The van der Waals surface area contributed by atoms with Crippen LogP contribution in [0.2, 0.25) is 0 Å². The molecule has 0 amide bonds. The van der Waals surface area contributed by atoms with Crippen LogP contribution in [-0.2, 0) is 22.6 Å². The molecule has 5 atom stereocenters. The molecule has 4 nitrogen and oxygen atoms in total. The highest BCUT2D eigenvalue weighted by Gasteiger charge is 2.55. The van der Waals surface area contributed by atoms with Gasteiger partial charge in [0.25, 0.3) is 0 Å². The zero-order valence-electron chi connectivity index (χ0n) is 17.5. The Balaban J connectivity index is 1.35. The van der Waals surface area contributed by atoms with Gasteiger partial charge in [-0.25, -0.2) is 0 Å². The van der Waals surface area contributed by atoms with Crippen LogP contribution in [-0.4, -0.2) is 23.3 Å². The number of benzene rings is 2. The van der Waals surface area contributed by atoms with Crippen molar-refractivity contribution in [1.29, 1.82) is 0 Å². The number of hydrogen-bond donors (Lipinski definition) is 1. The van der Waals surface area contributed by atoms with Crippen molar-refractivity contribution >= 4 is 5.97 Å². The lowest BCUT2D eigenvalue weighted by atomic mass is 9.56. The Morgan fingerprint density at radius 3 is 2.83 bits per heavy atom. The van der Waals surface area contributed by atoms with E-state index in [-0.39, 0.29) is 17.9 Å². The quantitative estimate of drug-likeness (QED) is 0.741. The topological polar surface area (TPSA) is 55.8 Å². The molecule has 2 aliphatic carbocycles. The molecule has 1 saturated heterocycles. The predicted molar refractivity (Wildman–Crippen MR) is 115 cm³/mol. The van der Waals surface area contributed by atoms with E-state index in [0.717, 1.165) is 31.4 Å². The first-order chi connectivity index (χ1) is 14.5. The van der Waals surface area contributed by atoms with Gasteiger partial charge in [-0.2, -0.15) is 0 Å². The smallest absolute Gasteiger partial charge is 0.303 e. The number of aliphatic carboxylic acids is 1. The summed E-state index contributed by atoms with van der Waals surface area (Å²) < 4.78 is 12.3. The second kappa shape index (κ2) is 7.73. The van der Waals surface area contributed by atoms with Gasteiger partial charge in [0.1, 0.15) is 12.4 Å². The zero-order chi connectivity index (χ0) is 20.7. The summed E-state index contributed by atoms with van der Waals surface area (Å²) in [6.45, 7) is 3.39. The Labute approximate surface area is 178 Å². The lowest BCUT2D eigenvalue weighted by molar-refractivity contribution is -0.138. The van der Waals surface area contributed by atoms with Gasteiger partial charge in [0.05, 0.1) is 18.6 Å². The third-order valence-electron chi connectivity index (χ3n) is 7.72. The van der Waals surface area contributed by atoms with Crippen molar-refractivity contribution in [3.8, 4) is 5.75 Å². The van der Waals surface area contributed by atoms with Crippen molar-refractivity contribution in [2.24, 2.45) is 17.8 Å². The summed E-state index contributed by atoms with van der Waals surface area (Å²) in [5, 5.41) is 9.40. The average Bonchev–Trinajstić information content (AvgIpc) is 3.08. The molecule has 0 radical (unpaired) electrons. The second-order valence-corrected chi connectivity index (χ2v) is 9.49. The van der Waals surface area contributed by atoms with Gasteiger partial charge < -0.3 is 14.6 Å². The minimum Gasteiger partial charge on any atom is -0.489 e. The van der Waals surface area contributed by atoms with E-state index < -0.39 is 5.97 Å². The molecule has 1 aliphatic heterocycles. The standard InChI is InChI=1S/C26H30O4/c1-26-12-11-22-21-10-8-20(29-15-17-5-3-2-4-6-17)13-18(21)7-9-23(22)25(26)19(16-30-26)14-24(27)28/h2-6,8,10,13,19,22-23,25H,7,9,11-12,14-16H2,1H3,(H,27,28)/t19-,22?,23?,25?,26-/m0/s1. The van der Waals surface area contributed by atoms with Crippen LogP contribution in [0, 0.1) is 17.8 Å². The Bertz CT molecular complexity index is 924. The fraction of sp³-hybridized carbons (Fsp3) is 0.500. The van der Waals surface area contributed by atoms with Crippen LogP contribution >= 0.6 is 0 Å². The molecule has 0 bridgehead atoms. The second-order valence-electron chi connectivity index (χ2n) is 9.49. The Morgan fingerprint density at radius 2 is 2.03 bits per heavy atom. The first-order valence-electron chi connectivity index (χ1n) is 11.2. The predicted octanol–water partition coefficient (Wildman–Crippen LogP) is 5.20. The highest BCUT2D eigenvalue weighted by molar-refractivity contribution is 5.67. The van der Waals surface area contributed by atoms with Gasteiger partial charge in [-0.05, 0) is 85.1 Å². The highest BCUT2D eigenvalue weighted by atomic mass is 16.5. The van der Waals surface area contributed by atoms with E-state index in [4.69, 9.17) is 9.47 Å². The van der Waals surface area contributed by atoms with E-state index in [1.54, 1.807) is 0 Å². The molecule has 1 saturated carbocycles. The van der Waals surface area contributed by atoms with E-state index in [1.165, 1.54) is 16.7 Å². The van der Waals surface area contributed by atoms with Crippen LogP contribution in [0.5, 0.6) is 5.75 Å². The van der Waals surface area contributed by atoms with Crippen molar-refractivity contribution in [2.45, 2.75) is 57.2 Å². The molecular formula is C26H30O4. The van der Waals surface area contributed by atoms with Crippen LogP contribution in [0.15, 0.2) is 48.5 Å². The minimum atomic E-state index is -0.702. The molecule has 1 heterocycles. The lowest BCUT2D eigenvalue weighted by Gasteiger charge is -2.49. The maximum Gasteiger partial charge on any atom is 0.303 e. The third kappa shape index (κ3) is 3.51. The van der Waals surface area contributed by atoms with Crippen molar-refractivity contribution in [1.82, 2.24) is 0 Å². The summed E-state index contributed by atoms with van der Waals surface area (Å²) in [4.78, 5) is 11.4. The number of rotatable bonds is 5. The SMILES string of the molecule is C[C@]12CCC3c4ccc(OCc5ccccc5)cc4CCC3C1[C@@H](CC(=O)O)CO2. The molecule has 5 rings (SSSR count). The molecule has 0 aromatic heterocycles. The Hall–Kier alpha value is -2.33. The molecule has 30 heavy (non-hydrogen) atoms. The van der Waals surface area contributed by atoms with Gasteiger partial charge in [-0.1, -0.05) is 36.4 Å². The van der Waals surface area contributed by atoms with Crippen molar-refractivity contribution < 1.29 is 19.4 Å². The molecule has 2 aromatic rings. The average molecular weight is 407 g/mol. The van der Waals surface area contributed by atoms with Gasteiger partial charge >= 0.3 is 5.97 Å². The molecule has 2 aromatic carbocycles. The van der Waals surface area contributed by atoms with Crippen LogP contribution in [0.4, 0.5) is 0 Å². The summed E-state index contributed by atoms with van der Waals surface area (Å²) in [7, 11) is 0. The molecule has 1 N–H and O–H groups in total. The third-order valence-corrected chi connectivity index (χ3v) is 7.72. The Kier molecular flexibility index (Phi) is 5.06. The van der Waals surface area contributed by atoms with Crippen LogP contribution in [0.1, 0.15) is 55.2 Å². The van der Waals surface area contributed by atoms with Crippen LogP contribution in [0.3, 0.4) is 0 Å². The van der Waals surface area contributed by atoms with Gasteiger partial charge in [-0.3, -0.25) is 4.79 Å². The Morgan fingerprint density at radius 1 is 1.20 bits per heavy atom. The number of aryl methyl sites for hydroxylation is 1. The fourth-order valence-electron chi connectivity index (χ4n) is 6.43. The largest absolute Gasteiger partial charge is 0.489 e. The summed E-state index contributed by atoms with van der Waals surface area (Å²) in [6.07, 6.45) is 4.50. The number of hydrogen-bond acceptors (Lipinski definition) is 3. The van der Waals surface area contributed by atoms with Crippen LogP contribution in [0.25, 0.3) is 0 Å². The zero-order valence-corrected chi connectivity index (χ0v) is 17.5. The highest BCUT2D eigenvalue weighted by Crippen LogP contribution is 2.58. The molecular weight excluding hydrogens is 376 g/mol. The molecule has 4 heteroatoms. The van der Waals surface area contributed by atoms with Gasteiger partial charge in [0.15, 0.2) is 0 Å². The number of ether oxygens (including phenoxy) is 2. The summed E-state index contributed by atoms with van der Waals surface area (Å²) in [5.41, 5.74) is 3.87. The maximum atomic E-state index is 11.4. The number of carboxylic acid groups (broad SMARTS) is 1. The van der Waals surface area contributed by atoms with Gasteiger partial charge in [-0.15, -0.1) is 0 Å². The number of carboxylic acids is 1. The molecule has 0 spiro atoms. The van der Waals surface area contributed by atoms with E-state index in [9.17, 15) is 9.90 Å². The normalized spacial score (nSPS) is 32.0. The first-order valence-corrected chi connectivity index (χ1v) is 11.2. The molecule has 3 unspecified atom stereocenters. The lowest BCUT2D eigenvalue weighted by Crippen LogP contribution is -2.47. The van der Waals surface area contributed by atoms with Crippen molar-refractivity contribution in [3.63, 3.8) is 0 Å². The number of carbonyl (C=O) groups is 1. The summed E-state index contributed by atoms with van der Waals surface area (Å²) in [5.74, 6) is 1.73. The van der Waals surface area contributed by atoms with Crippen molar-refractivity contribution in [2.75, 3.05) is 6.61 Å². The number of fused-ring (bicyclic) bond motifs is 5. The van der Waals surface area contributed by atoms with E-state index in [0.29, 0.717) is 31.0 Å². The van der Waals surface area contributed by atoms with E-state index in [2.05, 4.69) is 37.3 Å². The fourth-order valence-corrected chi connectivity index (χ4v) is 6.43. The molecule has 3 aliphatic rings. The molecule has 2 fully saturated rings. The van der Waals surface area contributed by atoms with E-state index in [1.807, 2.05) is 18.2 Å². The van der Waals surface area contributed by atoms with E-state index >= 15 is 0 Å². The summed E-state index contributed by atoms with van der Waals surface area (Å²) >= 11 is 0. The monoisotopic (exact) mass is 406 g/mol. The summed E-state index contributed by atoms with van der Waals surface area (Å²) in [6, 6.07) is 16.8. The van der Waals surface area contributed by atoms with Crippen LogP contribution < -0.4 is 4.74 Å². The van der Waals surface area contributed by atoms with Gasteiger partial charge in [0.2, 0.25) is 0 Å². The maximum absolute atomic E-state index is 11.4.